The summed E-state index contributed by atoms with van der Waals surface area (Å²) in [5.41, 5.74) is 0.548. The van der Waals surface area contributed by atoms with E-state index in [-0.39, 0.29) is 0 Å². The van der Waals surface area contributed by atoms with Crippen LogP contribution in [-0.4, -0.2) is 0 Å². The van der Waals surface area contributed by atoms with Gasteiger partial charge in [0.05, 0.1) is 0 Å². The van der Waals surface area contributed by atoms with E-state index >= 15 is 0 Å². The molecule has 17 heavy (non-hydrogen) atoms. The fraction of sp³-hybridized carbons (Fsp3) is 1.00. The van der Waals surface area contributed by atoms with Crippen molar-refractivity contribution in [3.8, 4) is 0 Å². The van der Waals surface area contributed by atoms with Gasteiger partial charge in [-0.3, -0.25) is 0 Å². The van der Waals surface area contributed by atoms with Crippen molar-refractivity contribution >= 4 is 0 Å². The Balaban J connectivity index is 1.79. The van der Waals surface area contributed by atoms with Gasteiger partial charge in [0.2, 0.25) is 0 Å². The molecule has 0 spiro atoms. The van der Waals surface area contributed by atoms with Crippen LogP contribution in [0.2, 0.25) is 0 Å². The average molecular weight is 236 g/mol. The summed E-state index contributed by atoms with van der Waals surface area (Å²) < 4.78 is 0. The molecule has 0 N–H and O–H groups in total. The Hall–Kier alpha value is 0. The zero-order chi connectivity index (χ0) is 12.5. The van der Waals surface area contributed by atoms with Crippen molar-refractivity contribution in [3.05, 3.63) is 0 Å². The second-order valence-corrected chi connectivity index (χ2v) is 8.00. The van der Waals surface area contributed by atoms with E-state index < -0.39 is 0 Å². The Labute approximate surface area is 109 Å². The van der Waals surface area contributed by atoms with Gasteiger partial charge < -0.3 is 0 Å². The van der Waals surface area contributed by atoms with E-state index in [1.807, 2.05) is 0 Å². The van der Waals surface area contributed by atoms with Crippen LogP contribution in [0, 0.1) is 29.1 Å². The van der Waals surface area contributed by atoms with Gasteiger partial charge in [-0.2, -0.15) is 0 Å². The molecule has 2 fully saturated rings. The number of hydrogen-bond donors (Lipinski definition) is 0. The molecule has 0 aromatic carbocycles. The summed E-state index contributed by atoms with van der Waals surface area (Å²) in [6, 6.07) is 0. The van der Waals surface area contributed by atoms with Crippen molar-refractivity contribution < 1.29 is 0 Å². The van der Waals surface area contributed by atoms with E-state index in [0.29, 0.717) is 5.41 Å². The predicted molar refractivity (Wildman–Crippen MR) is 76.0 cm³/mol. The minimum absolute atomic E-state index is 0.548. The fourth-order valence-corrected chi connectivity index (χ4v) is 4.21. The van der Waals surface area contributed by atoms with Crippen molar-refractivity contribution in [2.75, 3.05) is 0 Å². The molecular formula is C17H32. The smallest absolute Gasteiger partial charge is 0.0354 e. The van der Waals surface area contributed by atoms with E-state index in [1.165, 1.54) is 51.4 Å². The lowest BCUT2D eigenvalue weighted by atomic mass is 9.65. The summed E-state index contributed by atoms with van der Waals surface area (Å²) in [6.45, 7) is 9.73. The molecule has 0 aromatic rings. The van der Waals surface area contributed by atoms with Crippen molar-refractivity contribution in [3.63, 3.8) is 0 Å². The van der Waals surface area contributed by atoms with Crippen molar-refractivity contribution in [2.45, 2.75) is 79.1 Å². The Kier molecular flexibility index (Phi) is 4.21. The summed E-state index contributed by atoms with van der Waals surface area (Å²) in [5.74, 6) is 4.17. The van der Waals surface area contributed by atoms with E-state index in [0.717, 1.165) is 23.7 Å². The van der Waals surface area contributed by atoms with Crippen LogP contribution in [0.15, 0.2) is 0 Å². The average Bonchev–Trinajstić information content (AvgIpc) is 2.29. The lowest BCUT2D eigenvalue weighted by Crippen LogP contribution is -2.30. The predicted octanol–water partition coefficient (Wildman–Crippen LogP) is 5.67. The quantitative estimate of drug-likeness (QED) is 0.550. The zero-order valence-electron chi connectivity index (χ0n) is 12.5. The molecule has 2 aliphatic carbocycles. The van der Waals surface area contributed by atoms with Gasteiger partial charge in [-0.15, -0.1) is 0 Å². The van der Waals surface area contributed by atoms with Crippen LogP contribution in [0.3, 0.4) is 0 Å². The molecule has 0 heteroatoms. The minimum atomic E-state index is 0.548. The summed E-state index contributed by atoms with van der Waals surface area (Å²) in [5, 5.41) is 0. The van der Waals surface area contributed by atoms with Crippen molar-refractivity contribution in [1.82, 2.24) is 0 Å². The molecule has 0 radical (unpaired) electrons. The third-order valence-corrected chi connectivity index (χ3v) is 5.72. The molecule has 0 unspecified atom stereocenters. The van der Waals surface area contributed by atoms with Crippen LogP contribution in [0.1, 0.15) is 79.1 Å². The number of rotatable bonds is 1. The van der Waals surface area contributed by atoms with E-state index in [1.54, 1.807) is 0 Å². The third kappa shape index (κ3) is 3.48. The monoisotopic (exact) mass is 236 g/mol. The summed E-state index contributed by atoms with van der Waals surface area (Å²) in [7, 11) is 0. The molecular weight excluding hydrogens is 204 g/mol. The second-order valence-electron chi connectivity index (χ2n) is 8.00. The van der Waals surface area contributed by atoms with Gasteiger partial charge >= 0.3 is 0 Å². The molecule has 2 aliphatic rings. The Bertz CT molecular complexity index is 219. The molecule has 2 saturated carbocycles. The van der Waals surface area contributed by atoms with Gasteiger partial charge in [0.25, 0.3) is 0 Å². The maximum Gasteiger partial charge on any atom is -0.0354 e. The SMILES string of the molecule is CC1CCC(C2CCC(C(C)(C)C)CC2)CC1. The first-order valence-electron chi connectivity index (χ1n) is 7.97. The van der Waals surface area contributed by atoms with Crippen molar-refractivity contribution in [1.29, 1.82) is 0 Å². The molecule has 0 heterocycles. The molecule has 0 bridgehead atoms. The minimum Gasteiger partial charge on any atom is -0.0625 e. The number of hydrogen-bond acceptors (Lipinski definition) is 0. The lowest BCUT2D eigenvalue weighted by Gasteiger charge is -2.41. The highest BCUT2D eigenvalue weighted by molar-refractivity contribution is 4.84. The van der Waals surface area contributed by atoms with Crippen LogP contribution in [0.4, 0.5) is 0 Å². The molecule has 2 rings (SSSR count). The maximum absolute atomic E-state index is 2.44. The highest BCUT2D eigenvalue weighted by Crippen LogP contribution is 2.45. The van der Waals surface area contributed by atoms with E-state index in [9.17, 15) is 0 Å². The van der Waals surface area contributed by atoms with Crippen LogP contribution in [0.25, 0.3) is 0 Å². The van der Waals surface area contributed by atoms with Gasteiger partial charge in [-0.1, -0.05) is 40.5 Å². The molecule has 0 atom stereocenters. The largest absolute Gasteiger partial charge is 0.0625 e. The van der Waals surface area contributed by atoms with E-state index in [2.05, 4.69) is 27.7 Å². The van der Waals surface area contributed by atoms with Gasteiger partial charge in [0.15, 0.2) is 0 Å². The Morgan fingerprint density at radius 2 is 1.06 bits per heavy atom. The molecule has 0 saturated heterocycles. The molecule has 0 amide bonds. The summed E-state index contributed by atoms with van der Waals surface area (Å²) in [4.78, 5) is 0. The first kappa shape index (κ1) is 13.4. The van der Waals surface area contributed by atoms with Gasteiger partial charge in [0.1, 0.15) is 0 Å². The maximum atomic E-state index is 2.44. The van der Waals surface area contributed by atoms with Crippen LogP contribution >= 0.6 is 0 Å². The highest BCUT2D eigenvalue weighted by atomic mass is 14.4. The first-order chi connectivity index (χ1) is 7.97. The Morgan fingerprint density at radius 1 is 0.647 bits per heavy atom. The fourth-order valence-electron chi connectivity index (χ4n) is 4.21. The lowest BCUT2D eigenvalue weighted by molar-refractivity contribution is 0.103. The van der Waals surface area contributed by atoms with Gasteiger partial charge in [-0.25, -0.2) is 0 Å². The highest BCUT2D eigenvalue weighted by Gasteiger charge is 2.33. The molecule has 100 valence electrons. The second kappa shape index (κ2) is 5.33. The first-order valence-corrected chi connectivity index (χ1v) is 7.97. The van der Waals surface area contributed by atoms with Crippen LogP contribution in [-0.2, 0) is 0 Å². The normalized spacial score (nSPS) is 40.2. The summed E-state index contributed by atoms with van der Waals surface area (Å²) >= 11 is 0. The van der Waals surface area contributed by atoms with Gasteiger partial charge in [-0.05, 0) is 67.6 Å². The topological polar surface area (TPSA) is 0 Å². The van der Waals surface area contributed by atoms with Gasteiger partial charge in [0, 0.05) is 0 Å². The molecule has 0 nitrogen and oxygen atoms in total. The Morgan fingerprint density at radius 3 is 1.47 bits per heavy atom. The zero-order valence-corrected chi connectivity index (χ0v) is 12.5. The summed E-state index contributed by atoms with van der Waals surface area (Å²) in [6.07, 6.45) is 12.1. The van der Waals surface area contributed by atoms with Crippen LogP contribution in [0.5, 0.6) is 0 Å². The third-order valence-electron chi connectivity index (χ3n) is 5.72. The standard InChI is InChI=1S/C17H32/c1-13-5-7-14(8-6-13)15-9-11-16(12-10-15)17(2,3)4/h13-16H,5-12H2,1-4H3. The molecule has 0 aromatic heterocycles. The molecule has 0 aliphatic heterocycles. The van der Waals surface area contributed by atoms with Crippen LogP contribution < -0.4 is 0 Å². The van der Waals surface area contributed by atoms with E-state index in [4.69, 9.17) is 0 Å². The van der Waals surface area contributed by atoms with Crippen molar-refractivity contribution in [2.24, 2.45) is 29.1 Å².